The molecule has 2 heterocycles. The van der Waals surface area contributed by atoms with E-state index in [1.165, 1.54) is 4.88 Å². The summed E-state index contributed by atoms with van der Waals surface area (Å²) in [6.07, 6.45) is 0.866. The third kappa shape index (κ3) is 1.52. The second-order valence-corrected chi connectivity index (χ2v) is 4.00. The van der Waals surface area contributed by atoms with E-state index in [1.807, 2.05) is 17.5 Å². The van der Waals surface area contributed by atoms with E-state index >= 15 is 0 Å². The highest BCUT2D eigenvalue weighted by atomic mass is 32.1. The molecule has 2 nitrogen and oxygen atoms in total. The molecule has 1 aliphatic heterocycles. The summed E-state index contributed by atoms with van der Waals surface area (Å²) in [6, 6.07) is 4.03. The van der Waals surface area contributed by atoms with Crippen LogP contribution >= 0.6 is 11.3 Å². The zero-order valence-electron chi connectivity index (χ0n) is 7.16. The van der Waals surface area contributed by atoms with Crippen molar-refractivity contribution < 1.29 is 9.53 Å². The van der Waals surface area contributed by atoms with Gasteiger partial charge in [0.15, 0.2) is 0 Å². The molecule has 68 valence electrons. The van der Waals surface area contributed by atoms with Gasteiger partial charge in [0.25, 0.3) is 0 Å². The van der Waals surface area contributed by atoms with Gasteiger partial charge in [-0.3, -0.25) is 0 Å². The van der Waals surface area contributed by atoms with E-state index in [0.717, 1.165) is 6.42 Å². The first kappa shape index (κ1) is 8.51. The highest BCUT2D eigenvalue weighted by molar-refractivity contribution is 7.10. The Morgan fingerprint density at radius 3 is 3.15 bits per heavy atom. The van der Waals surface area contributed by atoms with E-state index in [0.29, 0.717) is 12.2 Å². The molecule has 0 N–H and O–H groups in total. The average molecular weight is 194 g/mol. The van der Waals surface area contributed by atoms with Gasteiger partial charge in [-0.05, 0) is 17.9 Å². The third-order valence-electron chi connectivity index (χ3n) is 2.21. The van der Waals surface area contributed by atoms with Crippen molar-refractivity contribution in [3.63, 3.8) is 0 Å². The standard InChI is InChI=1S/C10H10O2S/c1-7-8(4-5-12-10(7)11)9-3-2-6-13-9/h2-3,6,8H,1,4-5H2. The van der Waals surface area contributed by atoms with Gasteiger partial charge in [0, 0.05) is 16.4 Å². The zero-order valence-corrected chi connectivity index (χ0v) is 7.97. The summed E-state index contributed by atoms with van der Waals surface area (Å²) in [7, 11) is 0. The van der Waals surface area contributed by atoms with Crippen LogP contribution in [-0.4, -0.2) is 12.6 Å². The van der Waals surface area contributed by atoms with Crippen molar-refractivity contribution in [3.05, 3.63) is 34.5 Å². The van der Waals surface area contributed by atoms with Crippen molar-refractivity contribution in [2.24, 2.45) is 0 Å². The van der Waals surface area contributed by atoms with Crippen LogP contribution in [0.3, 0.4) is 0 Å². The van der Waals surface area contributed by atoms with E-state index in [2.05, 4.69) is 6.58 Å². The second kappa shape index (κ2) is 3.34. The molecule has 2 rings (SSSR count). The van der Waals surface area contributed by atoms with Gasteiger partial charge in [0.1, 0.15) is 0 Å². The maximum Gasteiger partial charge on any atom is 0.334 e. The van der Waals surface area contributed by atoms with E-state index in [-0.39, 0.29) is 11.9 Å². The van der Waals surface area contributed by atoms with Crippen LogP contribution in [0.1, 0.15) is 17.2 Å². The van der Waals surface area contributed by atoms with Crippen LogP contribution in [0, 0.1) is 0 Å². The number of carbonyl (C=O) groups excluding carboxylic acids is 1. The van der Waals surface area contributed by atoms with Crippen LogP contribution in [0.2, 0.25) is 0 Å². The lowest BCUT2D eigenvalue weighted by Gasteiger charge is -2.22. The highest BCUT2D eigenvalue weighted by Crippen LogP contribution is 2.33. The number of hydrogen-bond donors (Lipinski definition) is 0. The van der Waals surface area contributed by atoms with Crippen molar-refractivity contribution in [1.29, 1.82) is 0 Å². The molecule has 0 amide bonds. The molecule has 1 atom stereocenters. The van der Waals surface area contributed by atoms with E-state index in [4.69, 9.17) is 4.74 Å². The van der Waals surface area contributed by atoms with Gasteiger partial charge in [0.05, 0.1) is 6.61 Å². The van der Waals surface area contributed by atoms with Crippen LogP contribution in [0.15, 0.2) is 29.7 Å². The predicted molar refractivity (Wildman–Crippen MR) is 51.8 cm³/mol. The van der Waals surface area contributed by atoms with Crippen LogP contribution in [0.25, 0.3) is 0 Å². The maximum absolute atomic E-state index is 11.2. The number of rotatable bonds is 1. The molecule has 13 heavy (non-hydrogen) atoms. The summed E-state index contributed by atoms with van der Waals surface area (Å²) in [4.78, 5) is 12.4. The van der Waals surface area contributed by atoms with E-state index in [9.17, 15) is 4.79 Å². The molecule has 3 heteroatoms. The Morgan fingerprint density at radius 2 is 2.46 bits per heavy atom. The number of cyclic esters (lactones) is 1. The fourth-order valence-corrected chi connectivity index (χ4v) is 2.38. The highest BCUT2D eigenvalue weighted by Gasteiger charge is 2.27. The normalized spacial score (nSPS) is 22.9. The molecule has 0 saturated carbocycles. The number of ether oxygens (including phenoxy) is 1. The van der Waals surface area contributed by atoms with Gasteiger partial charge in [0.2, 0.25) is 0 Å². The number of thiophene rings is 1. The van der Waals surface area contributed by atoms with Crippen molar-refractivity contribution in [2.45, 2.75) is 12.3 Å². The third-order valence-corrected chi connectivity index (χ3v) is 3.20. The smallest absolute Gasteiger partial charge is 0.334 e. The molecule has 1 aromatic heterocycles. The van der Waals surface area contributed by atoms with Crippen molar-refractivity contribution in [2.75, 3.05) is 6.61 Å². The lowest BCUT2D eigenvalue weighted by atomic mass is 9.94. The molecule has 1 fully saturated rings. The van der Waals surface area contributed by atoms with Gasteiger partial charge < -0.3 is 4.74 Å². The summed E-state index contributed by atoms with van der Waals surface area (Å²) in [5.41, 5.74) is 0.591. The summed E-state index contributed by atoms with van der Waals surface area (Å²) in [5.74, 6) is -0.0640. The molecule has 0 radical (unpaired) electrons. The fourth-order valence-electron chi connectivity index (χ4n) is 1.48. The van der Waals surface area contributed by atoms with Crippen LogP contribution < -0.4 is 0 Å². The Morgan fingerprint density at radius 1 is 1.62 bits per heavy atom. The molecule has 1 unspecified atom stereocenters. The van der Waals surface area contributed by atoms with Gasteiger partial charge >= 0.3 is 5.97 Å². The quantitative estimate of drug-likeness (QED) is 0.506. The Bertz CT molecular complexity index is 327. The summed E-state index contributed by atoms with van der Waals surface area (Å²) in [5, 5.41) is 2.02. The fraction of sp³-hybridized carbons (Fsp3) is 0.300. The molecule has 0 aliphatic carbocycles. The Balaban J connectivity index is 2.24. The minimum atomic E-state index is -0.246. The van der Waals surface area contributed by atoms with E-state index in [1.54, 1.807) is 11.3 Å². The van der Waals surface area contributed by atoms with Gasteiger partial charge in [-0.1, -0.05) is 12.6 Å². The lowest BCUT2D eigenvalue weighted by Crippen LogP contribution is -2.21. The molecule has 1 saturated heterocycles. The van der Waals surface area contributed by atoms with Gasteiger partial charge in [-0.2, -0.15) is 0 Å². The molecule has 0 spiro atoms. The first-order chi connectivity index (χ1) is 6.29. The molecule has 1 aliphatic rings. The van der Waals surface area contributed by atoms with Crippen molar-refractivity contribution in [3.8, 4) is 0 Å². The Kier molecular flexibility index (Phi) is 2.19. The Hall–Kier alpha value is -1.09. The first-order valence-electron chi connectivity index (χ1n) is 4.18. The molecule has 1 aromatic rings. The number of carbonyl (C=O) groups is 1. The monoisotopic (exact) mass is 194 g/mol. The Labute approximate surface area is 80.8 Å². The topological polar surface area (TPSA) is 26.3 Å². The summed E-state index contributed by atoms with van der Waals surface area (Å²) >= 11 is 1.67. The SMILES string of the molecule is C=C1C(=O)OCCC1c1cccs1. The average Bonchev–Trinajstić information content (AvgIpc) is 2.62. The summed E-state index contributed by atoms with van der Waals surface area (Å²) < 4.78 is 4.88. The van der Waals surface area contributed by atoms with Gasteiger partial charge in [-0.25, -0.2) is 4.79 Å². The minimum Gasteiger partial charge on any atom is -0.462 e. The first-order valence-corrected chi connectivity index (χ1v) is 5.06. The van der Waals surface area contributed by atoms with Crippen LogP contribution in [0.4, 0.5) is 0 Å². The molecular formula is C10H10O2S. The number of esters is 1. The van der Waals surface area contributed by atoms with E-state index < -0.39 is 0 Å². The summed E-state index contributed by atoms with van der Waals surface area (Å²) in [6.45, 7) is 4.28. The molecule has 0 aromatic carbocycles. The maximum atomic E-state index is 11.2. The second-order valence-electron chi connectivity index (χ2n) is 3.02. The van der Waals surface area contributed by atoms with Crippen LogP contribution in [0.5, 0.6) is 0 Å². The van der Waals surface area contributed by atoms with Crippen LogP contribution in [-0.2, 0) is 9.53 Å². The van der Waals surface area contributed by atoms with Crippen molar-refractivity contribution in [1.82, 2.24) is 0 Å². The zero-order chi connectivity index (χ0) is 9.26. The minimum absolute atomic E-state index is 0.182. The van der Waals surface area contributed by atoms with Gasteiger partial charge in [-0.15, -0.1) is 11.3 Å². The predicted octanol–water partition coefficient (Wildman–Crippen LogP) is 2.33. The molecule has 0 bridgehead atoms. The molecular weight excluding hydrogens is 184 g/mol. The van der Waals surface area contributed by atoms with Crippen molar-refractivity contribution >= 4 is 17.3 Å². The largest absolute Gasteiger partial charge is 0.462 e. The number of hydrogen-bond acceptors (Lipinski definition) is 3. The lowest BCUT2D eigenvalue weighted by molar-refractivity contribution is -0.141.